The average molecular weight is 384 g/mol. The van der Waals surface area contributed by atoms with E-state index in [9.17, 15) is 9.59 Å². The number of anilines is 3. The van der Waals surface area contributed by atoms with Crippen molar-refractivity contribution in [3.8, 4) is 0 Å². The molecule has 1 aromatic carbocycles. The fourth-order valence-corrected chi connectivity index (χ4v) is 2.18. The zero-order valence-corrected chi connectivity index (χ0v) is 17.0. The van der Waals surface area contributed by atoms with Crippen molar-refractivity contribution < 1.29 is 9.59 Å². The van der Waals surface area contributed by atoms with E-state index >= 15 is 0 Å². The minimum Gasteiger partial charge on any atom is -0.368 e. The summed E-state index contributed by atoms with van der Waals surface area (Å²) in [6.45, 7) is 6.53. The Morgan fingerprint density at radius 3 is 2.32 bits per heavy atom. The number of nitrogens with one attached hydrogen (secondary N) is 3. The molecule has 1 heterocycles. The van der Waals surface area contributed by atoms with Crippen LogP contribution in [0.1, 0.15) is 31.1 Å². The highest BCUT2D eigenvalue weighted by molar-refractivity contribution is 5.97. The first-order valence-corrected chi connectivity index (χ1v) is 9.10. The van der Waals surface area contributed by atoms with Crippen molar-refractivity contribution in [2.45, 2.75) is 20.8 Å². The normalized spacial score (nSPS) is 10.9. The van der Waals surface area contributed by atoms with E-state index in [1.807, 2.05) is 45.8 Å². The second-order valence-electron chi connectivity index (χ2n) is 7.62. The molecule has 3 N–H and O–H groups in total. The van der Waals surface area contributed by atoms with Crippen molar-refractivity contribution in [3.05, 3.63) is 42.2 Å². The SMILES string of the molecule is CN(C)c1cc(NCCNC(=O)c2ccc(NC(=O)C(C)(C)C)cc2)ncn1. The number of hydrogen-bond donors (Lipinski definition) is 3. The lowest BCUT2D eigenvalue weighted by Crippen LogP contribution is -2.29. The number of carbonyl (C=O) groups excluding carboxylic acids is 2. The van der Waals surface area contributed by atoms with Crippen LogP contribution in [-0.4, -0.2) is 49.0 Å². The van der Waals surface area contributed by atoms with Crippen LogP contribution in [0.5, 0.6) is 0 Å². The summed E-state index contributed by atoms with van der Waals surface area (Å²) >= 11 is 0. The molecule has 0 atom stereocenters. The topological polar surface area (TPSA) is 99.2 Å². The van der Waals surface area contributed by atoms with Gasteiger partial charge in [-0.1, -0.05) is 20.8 Å². The van der Waals surface area contributed by atoms with E-state index in [4.69, 9.17) is 0 Å². The molecule has 0 spiro atoms. The van der Waals surface area contributed by atoms with Gasteiger partial charge in [0.1, 0.15) is 18.0 Å². The molecule has 0 unspecified atom stereocenters. The molecule has 2 amide bonds. The van der Waals surface area contributed by atoms with E-state index in [0.29, 0.717) is 30.2 Å². The molecule has 0 radical (unpaired) electrons. The summed E-state index contributed by atoms with van der Waals surface area (Å²) in [4.78, 5) is 34.4. The highest BCUT2D eigenvalue weighted by atomic mass is 16.2. The van der Waals surface area contributed by atoms with Gasteiger partial charge in [-0.25, -0.2) is 9.97 Å². The number of amides is 2. The molecule has 28 heavy (non-hydrogen) atoms. The fourth-order valence-electron chi connectivity index (χ4n) is 2.18. The molecule has 8 nitrogen and oxygen atoms in total. The second-order valence-corrected chi connectivity index (χ2v) is 7.62. The zero-order valence-electron chi connectivity index (χ0n) is 17.0. The van der Waals surface area contributed by atoms with E-state index in [2.05, 4.69) is 25.9 Å². The van der Waals surface area contributed by atoms with Crippen LogP contribution < -0.4 is 20.9 Å². The number of rotatable bonds is 7. The third kappa shape index (κ3) is 6.22. The predicted octanol–water partition coefficient (Wildman–Crippen LogP) is 2.37. The first kappa shape index (κ1) is 21.1. The Kier molecular flexibility index (Phi) is 6.92. The van der Waals surface area contributed by atoms with Crippen LogP contribution in [0.25, 0.3) is 0 Å². The van der Waals surface area contributed by atoms with Gasteiger partial charge in [-0.2, -0.15) is 0 Å². The molecule has 0 aliphatic heterocycles. The molecule has 0 aliphatic carbocycles. The molecular weight excluding hydrogens is 356 g/mol. The van der Waals surface area contributed by atoms with Crippen LogP contribution in [0.15, 0.2) is 36.7 Å². The summed E-state index contributed by atoms with van der Waals surface area (Å²) in [5.74, 6) is 1.26. The summed E-state index contributed by atoms with van der Waals surface area (Å²) < 4.78 is 0. The standard InChI is InChI=1S/C20H28N6O2/c1-20(2,3)19(28)25-15-8-6-14(7-9-15)18(27)22-11-10-21-16-12-17(26(4)5)24-13-23-16/h6-9,12-13H,10-11H2,1-5H3,(H,22,27)(H,25,28)(H,21,23,24). The fraction of sp³-hybridized carbons (Fsp3) is 0.400. The lowest BCUT2D eigenvalue weighted by atomic mass is 9.95. The molecule has 0 aliphatic rings. The minimum atomic E-state index is -0.472. The van der Waals surface area contributed by atoms with E-state index in [1.54, 1.807) is 24.3 Å². The van der Waals surface area contributed by atoms with Crippen LogP contribution in [0.2, 0.25) is 0 Å². The molecule has 8 heteroatoms. The van der Waals surface area contributed by atoms with Crippen LogP contribution in [0.4, 0.5) is 17.3 Å². The molecule has 0 saturated carbocycles. The van der Waals surface area contributed by atoms with Gasteiger partial charge in [-0.15, -0.1) is 0 Å². The summed E-state index contributed by atoms with van der Waals surface area (Å²) in [5.41, 5.74) is 0.726. The number of nitrogens with zero attached hydrogens (tertiary/aromatic N) is 3. The van der Waals surface area contributed by atoms with Crippen LogP contribution >= 0.6 is 0 Å². The summed E-state index contributed by atoms with van der Waals surface area (Å²) in [7, 11) is 3.82. The Labute approximate surface area is 165 Å². The minimum absolute atomic E-state index is 0.0714. The number of benzene rings is 1. The second kappa shape index (κ2) is 9.16. The van der Waals surface area contributed by atoms with Gasteiger partial charge in [0, 0.05) is 49.9 Å². The predicted molar refractivity (Wildman–Crippen MR) is 112 cm³/mol. The molecule has 150 valence electrons. The Morgan fingerprint density at radius 2 is 1.71 bits per heavy atom. The van der Waals surface area contributed by atoms with Crippen molar-refractivity contribution in [3.63, 3.8) is 0 Å². The van der Waals surface area contributed by atoms with Gasteiger partial charge in [0.15, 0.2) is 0 Å². The van der Waals surface area contributed by atoms with Gasteiger partial charge in [-0.05, 0) is 24.3 Å². The van der Waals surface area contributed by atoms with Crippen molar-refractivity contribution in [2.75, 3.05) is 42.7 Å². The van der Waals surface area contributed by atoms with Crippen LogP contribution in [0.3, 0.4) is 0 Å². The smallest absolute Gasteiger partial charge is 0.251 e. The molecule has 0 fully saturated rings. The molecular formula is C20H28N6O2. The van der Waals surface area contributed by atoms with Crippen molar-refractivity contribution in [2.24, 2.45) is 5.41 Å². The third-order valence-electron chi connectivity index (χ3n) is 3.91. The first-order valence-electron chi connectivity index (χ1n) is 9.10. The van der Waals surface area contributed by atoms with E-state index in [-0.39, 0.29) is 11.8 Å². The van der Waals surface area contributed by atoms with Crippen molar-refractivity contribution in [1.29, 1.82) is 0 Å². The first-order chi connectivity index (χ1) is 13.2. The maximum Gasteiger partial charge on any atom is 0.251 e. The Balaban J connectivity index is 1.80. The maximum absolute atomic E-state index is 12.2. The Hall–Kier alpha value is -3.16. The monoisotopic (exact) mass is 384 g/mol. The van der Waals surface area contributed by atoms with E-state index in [0.717, 1.165) is 5.82 Å². The molecule has 1 aromatic heterocycles. The van der Waals surface area contributed by atoms with Crippen LogP contribution in [0, 0.1) is 5.41 Å². The highest BCUT2D eigenvalue weighted by Gasteiger charge is 2.21. The molecule has 2 rings (SSSR count). The number of aromatic nitrogens is 2. The molecule has 0 saturated heterocycles. The van der Waals surface area contributed by atoms with Gasteiger partial charge in [-0.3, -0.25) is 9.59 Å². The summed E-state index contributed by atoms with van der Waals surface area (Å²) in [6.07, 6.45) is 1.50. The Bertz CT molecular complexity index is 812. The lowest BCUT2D eigenvalue weighted by molar-refractivity contribution is -0.123. The average Bonchev–Trinajstić information content (AvgIpc) is 2.65. The van der Waals surface area contributed by atoms with Gasteiger partial charge >= 0.3 is 0 Å². The van der Waals surface area contributed by atoms with E-state index in [1.165, 1.54) is 6.33 Å². The van der Waals surface area contributed by atoms with Crippen LogP contribution in [-0.2, 0) is 4.79 Å². The zero-order chi connectivity index (χ0) is 20.7. The van der Waals surface area contributed by atoms with E-state index < -0.39 is 5.41 Å². The van der Waals surface area contributed by atoms with Gasteiger partial charge in [0.25, 0.3) is 5.91 Å². The van der Waals surface area contributed by atoms with Gasteiger partial charge in [0.05, 0.1) is 0 Å². The molecule has 2 aromatic rings. The van der Waals surface area contributed by atoms with Crippen molar-refractivity contribution in [1.82, 2.24) is 15.3 Å². The Morgan fingerprint density at radius 1 is 1.04 bits per heavy atom. The quantitative estimate of drug-likeness (QED) is 0.634. The largest absolute Gasteiger partial charge is 0.368 e. The molecule has 0 bridgehead atoms. The van der Waals surface area contributed by atoms with Crippen molar-refractivity contribution >= 4 is 29.1 Å². The third-order valence-corrected chi connectivity index (χ3v) is 3.91. The highest BCUT2D eigenvalue weighted by Crippen LogP contribution is 2.17. The number of carbonyl (C=O) groups is 2. The number of hydrogen-bond acceptors (Lipinski definition) is 6. The summed E-state index contributed by atoms with van der Waals surface area (Å²) in [6, 6.07) is 8.66. The van der Waals surface area contributed by atoms with Gasteiger partial charge in [0.2, 0.25) is 5.91 Å². The lowest BCUT2D eigenvalue weighted by Gasteiger charge is -2.17. The van der Waals surface area contributed by atoms with Gasteiger partial charge < -0.3 is 20.9 Å². The maximum atomic E-state index is 12.2. The summed E-state index contributed by atoms with van der Waals surface area (Å²) in [5, 5.41) is 8.83.